The molecule has 116 valence electrons. The Morgan fingerprint density at radius 1 is 1.24 bits per heavy atom. The van der Waals surface area contributed by atoms with E-state index in [2.05, 4.69) is 31.3 Å². The molecule has 1 N–H and O–H groups in total. The Labute approximate surface area is 126 Å². The van der Waals surface area contributed by atoms with Crippen LogP contribution in [0.1, 0.15) is 38.3 Å². The third kappa shape index (κ3) is 2.87. The van der Waals surface area contributed by atoms with Crippen molar-refractivity contribution in [3.05, 3.63) is 23.8 Å². The summed E-state index contributed by atoms with van der Waals surface area (Å²) in [5, 5.41) is 3.41. The molecule has 1 aromatic rings. The predicted molar refractivity (Wildman–Crippen MR) is 82.0 cm³/mol. The number of ether oxygens (including phenoxy) is 3. The van der Waals surface area contributed by atoms with Crippen molar-refractivity contribution in [2.75, 3.05) is 26.9 Å². The SMILES string of the molecule is CNC(c1ccc2c(c1)OCC(C)CO2)C1(C)CCCO1. The zero-order valence-corrected chi connectivity index (χ0v) is 13.1. The van der Waals surface area contributed by atoms with E-state index in [9.17, 15) is 0 Å². The number of hydrogen-bond donors (Lipinski definition) is 1. The normalized spacial score (nSPS) is 30.0. The fraction of sp³-hybridized carbons (Fsp3) is 0.647. The lowest BCUT2D eigenvalue weighted by molar-refractivity contribution is -0.0105. The highest BCUT2D eigenvalue weighted by atomic mass is 16.5. The molecule has 21 heavy (non-hydrogen) atoms. The van der Waals surface area contributed by atoms with E-state index >= 15 is 0 Å². The van der Waals surface area contributed by atoms with Gasteiger partial charge in [-0.25, -0.2) is 0 Å². The zero-order chi connectivity index (χ0) is 14.9. The van der Waals surface area contributed by atoms with Crippen molar-refractivity contribution >= 4 is 0 Å². The maximum atomic E-state index is 6.00. The van der Waals surface area contributed by atoms with Crippen molar-refractivity contribution in [2.24, 2.45) is 5.92 Å². The minimum Gasteiger partial charge on any atom is -0.489 e. The Balaban J connectivity index is 1.88. The Morgan fingerprint density at radius 3 is 2.67 bits per heavy atom. The highest BCUT2D eigenvalue weighted by Gasteiger charge is 2.38. The van der Waals surface area contributed by atoms with Crippen LogP contribution in [0.25, 0.3) is 0 Å². The molecule has 0 amide bonds. The van der Waals surface area contributed by atoms with Gasteiger partial charge in [-0.2, -0.15) is 0 Å². The van der Waals surface area contributed by atoms with Gasteiger partial charge in [0.05, 0.1) is 24.9 Å². The van der Waals surface area contributed by atoms with Crippen LogP contribution in [-0.4, -0.2) is 32.5 Å². The molecule has 1 saturated heterocycles. The molecular formula is C17H25NO3. The van der Waals surface area contributed by atoms with Gasteiger partial charge in [-0.05, 0) is 44.5 Å². The third-order valence-corrected chi connectivity index (χ3v) is 4.50. The van der Waals surface area contributed by atoms with E-state index in [4.69, 9.17) is 14.2 Å². The molecule has 2 aliphatic rings. The Hall–Kier alpha value is -1.26. The highest BCUT2D eigenvalue weighted by molar-refractivity contribution is 5.45. The van der Waals surface area contributed by atoms with Gasteiger partial charge in [-0.3, -0.25) is 0 Å². The van der Waals surface area contributed by atoms with Crippen molar-refractivity contribution in [3.8, 4) is 11.5 Å². The van der Waals surface area contributed by atoms with E-state index in [0.717, 1.165) is 30.9 Å². The summed E-state index contributed by atoms with van der Waals surface area (Å²) in [5.74, 6) is 2.10. The molecule has 0 saturated carbocycles. The number of rotatable bonds is 3. The second kappa shape index (κ2) is 5.85. The van der Waals surface area contributed by atoms with E-state index in [1.54, 1.807) is 0 Å². The van der Waals surface area contributed by atoms with E-state index in [0.29, 0.717) is 19.1 Å². The first-order chi connectivity index (χ1) is 10.1. The van der Waals surface area contributed by atoms with Gasteiger partial charge in [-0.15, -0.1) is 0 Å². The largest absolute Gasteiger partial charge is 0.489 e. The number of benzene rings is 1. The lowest BCUT2D eigenvalue weighted by Crippen LogP contribution is -2.39. The molecule has 2 heterocycles. The van der Waals surface area contributed by atoms with Gasteiger partial charge in [0.15, 0.2) is 11.5 Å². The average molecular weight is 291 g/mol. The molecule has 0 bridgehead atoms. The van der Waals surface area contributed by atoms with Crippen LogP contribution in [0, 0.1) is 5.92 Å². The minimum atomic E-state index is -0.151. The molecule has 3 unspecified atom stereocenters. The zero-order valence-electron chi connectivity index (χ0n) is 13.1. The van der Waals surface area contributed by atoms with Gasteiger partial charge in [0.1, 0.15) is 0 Å². The van der Waals surface area contributed by atoms with E-state index in [-0.39, 0.29) is 11.6 Å². The number of likely N-dealkylation sites (N-methyl/N-ethyl adjacent to an activating group) is 1. The molecule has 3 atom stereocenters. The molecule has 0 aliphatic carbocycles. The quantitative estimate of drug-likeness (QED) is 0.929. The molecule has 4 nitrogen and oxygen atoms in total. The van der Waals surface area contributed by atoms with Crippen LogP contribution in [0.5, 0.6) is 11.5 Å². The van der Waals surface area contributed by atoms with Gasteiger partial charge < -0.3 is 19.5 Å². The van der Waals surface area contributed by atoms with Gasteiger partial charge in [-0.1, -0.05) is 13.0 Å². The van der Waals surface area contributed by atoms with Crippen LogP contribution >= 0.6 is 0 Å². The molecule has 0 radical (unpaired) electrons. The first-order valence-electron chi connectivity index (χ1n) is 7.83. The average Bonchev–Trinajstić information content (AvgIpc) is 2.83. The summed E-state index contributed by atoms with van der Waals surface area (Å²) >= 11 is 0. The first kappa shape index (κ1) is 14.7. The second-order valence-electron chi connectivity index (χ2n) is 6.42. The summed E-state index contributed by atoms with van der Waals surface area (Å²) in [5.41, 5.74) is 1.04. The van der Waals surface area contributed by atoms with Gasteiger partial charge in [0.2, 0.25) is 0 Å². The van der Waals surface area contributed by atoms with Crippen LogP contribution in [0.15, 0.2) is 18.2 Å². The molecule has 0 spiro atoms. The Bertz CT molecular complexity index is 497. The smallest absolute Gasteiger partial charge is 0.161 e. The molecule has 2 aliphatic heterocycles. The van der Waals surface area contributed by atoms with Gasteiger partial charge >= 0.3 is 0 Å². The van der Waals surface area contributed by atoms with Crippen LogP contribution in [0.4, 0.5) is 0 Å². The third-order valence-electron chi connectivity index (χ3n) is 4.50. The molecule has 3 rings (SSSR count). The summed E-state index contributed by atoms with van der Waals surface area (Å²) in [6.45, 7) is 6.58. The summed E-state index contributed by atoms with van der Waals surface area (Å²) in [7, 11) is 1.99. The number of fused-ring (bicyclic) bond motifs is 1. The topological polar surface area (TPSA) is 39.7 Å². The van der Waals surface area contributed by atoms with Crippen LogP contribution < -0.4 is 14.8 Å². The van der Waals surface area contributed by atoms with Gasteiger partial charge in [0.25, 0.3) is 0 Å². The molecular weight excluding hydrogens is 266 g/mol. The lowest BCUT2D eigenvalue weighted by Gasteiger charge is -2.33. The van der Waals surface area contributed by atoms with Crippen LogP contribution in [0.3, 0.4) is 0 Å². The van der Waals surface area contributed by atoms with Crippen molar-refractivity contribution in [1.29, 1.82) is 0 Å². The van der Waals surface area contributed by atoms with Crippen LogP contribution in [-0.2, 0) is 4.74 Å². The molecule has 1 fully saturated rings. The Morgan fingerprint density at radius 2 is 2.00 bits per heavy atom. The molecule has 4 heteroatoms. The monoisotopic (exact) mass is 291 g/mol. The highest BCUT2D eigenvalue weighted by Crippen LogP contribution is 2.40. The van der Waals surface area contributed by atoms with Crippen molar-refractivity contribution < 1.29 is 14.2 Å². The standard InChI is InChI=1S/C17H25NO3/c1-12-10-19-14-6-5-13(9-15(14)20-11-12)16(18-3)17(2)7-4-8-21-17/h5-6,9,12,16,18H,4,7-8,10-11H2,1-3H3. The predicted octanol–water partition coefficient (Wildman–Crippen LogP) is 2.92. The van der Waals surface area contributed by atoms with E-state index in [1.807, 2.05) is 13.1 Å². The van der Waals surface area contributed by atoms with E-state index in [1.165, 1.54) is 5.56 Å². The molecule has 0 aromatic heterocycles. The Kier molecular flexibility index (Phi) is 4.09. The summed E-state index contributed by atoms with van der Waals surface area (Å²) in [4.78, 5) is 0. The van der Waals surface area contributed by atoms with Crippen molar-refractivity contribution in [3.63, 3.8) is 0 Å². The summed E-state index contributed by atoms with van der Waals surface area (Å²) in [6, 6.07) is 6.40. The first-order valence-corrected chi connectivity index (χ1v) is 7.83. The number of hydrogen-bond acceptors (Lipinski definition) is 4. The maximum absolute atomic E-state index is 6.00. The minimum absolute atomic E-state index is 0.151. The summed E-state index contributed by atoms with van der Waals surface area (Å²) < 4.78 is 17.7. The fourth-order valence-corrected chi connectivity index (χ4v) is 3.30. The van der Waals surface area contributed by atoms with E-state index < -0.39 is 0 Å². The lowest BCUT2D eigenvalue weighted by atomic mass is 9.87. The number of nitrogens with one attached hydrogen (secondary N) is 1. The molecule has 1 aromatic carbocycles. The van der Waals surface area contributed by atoms with Gasteiger partial charge in [0, 0.05) is 12.5 Å². The van der Waals surface area contributed by atoms with Crippen molar-refractivity contribution in [2.45, 2.75) is 38.3 Å². The maximum Gasteiger partial charge on any atom is 0.161 e. The fourth-order valence-electron chi connectivity index (χ4n) is 3.30. The summed E-state index contributed by atoms with van der Waals surface area (Å²) in [6.07, 6.45) is 2.20. The van der Waals surface area contributed by atoms with Crippen molar-refractivity contribution in [1.82, 2.24) is 5.32 Å². The van der Waals surface area contributed by atoms with Crippen LogP contribution in [0.2, 0.25) is 0 Å². The second-order valence-corrected chi connectivity index (χ2v) is 6.42.